The summed E-state index contributed by atoms with van der Waals surface area (Å²) in [6.45, 7) is -0.318. The minimum Gasteiger partial charge on any atom is -0.790 e. The number of H-pyrrole nitrogens is 1. The van der Waals surface area contributed by atoms with Crippen molar-refractivity contribution in [2.75, 3.05) is 6.61 Å². The van der Waals surface area contributed by atoms with Crippen molar-refractivity contribution < 1.29 is 82.7 Å². The van der Waals surface area contributed by atoms with Gasteiger partial charge in [0.25, 0.3) is 5.56 Å². The van der Waals surface area contributed by atoms with Crippen LogP contribution in [0.4, 0.5) is 0 Å². The Balaban J connectivity index is 0.00000132. The molecule has 2 atom stereocenters. The molecule has 3 rings (SSSR count). The molecule has 0 unspecified atom stereocenters. The average molecular weight is 360 g/mol. The third-order valence-electron chi connectivity index (χ3n) is 3.18. The molecule has 1 N–H and O–H groups in total. The molecule has 1 aliphatic heterocycles. The number of nitrogens with zero attached hydrogens (tertiary/aromatic N) is 3. The van der Waals surface area contributed by atoms with Crippen LogP contribution in [0, 0.1) is 0 Å². The number of nitrogens with one attached hydrogen (secondary N) is 1. The van der Waals surface area contributed by atoms with Gasteiger partial charge in [-0.25, -0.2) is 9.97 Å². The maximum Gasteiger partial charge on any atom is 1.00 e. The van der Waals surface area contributed by atoms with E-state index in [9.17, 15) is 19.1 Å². The largest absolute Gasteiger partial charge is 1.00 e. The molecule has 3 heterocycles. The van der Waals surface area contributed by atoms with E-state index in [-0.39, 0.29) is 76.8 Å². The van der Waals surface area contributed by atoms with Gasteiger partial charge in [0.05, 0.1) is 33.2 Å². The molecule has 1 saturated heterocycles. The Morgan fingerprint density at radius 3 is 2.83 bits per heavy atom. The van der Waals surface area contributed by atoms with Crippen LogP contribution in [0.1, 0.15) is 19.1 Å². The van der Waals surface area contributed by atoms with Gasteiger partial charge in [-0.15, -0.1) is 0 Å². The second-order valence-electron chi connectivity index (χ2n) is 4.59. The number of aromatic amines is 1. The topological polar surface area (TPSA) is 145 Å². The Kier molecular flexibility index (Phi) is 8.10. The summed E-state index contributed by atoms with van der Waals surface area (Å²) in [6, 6.07) is 0. The number of fused-ring (bicyclic) bond motifs is 1. The van der Waals surface area contributed by atoms with Crippen LogP contribution < -0.4 is 74.5 Å². The summed E-state index contributed by atoms with van der Waals surface area (Å²) in [7, 11) is -5.00. The third kappa shape index (κ3) is 5.20. The smallest absolute Gasteiger partial charge is 0.790 e. The summed E-state index contributed by atoms with van der Waals surface area (Å²) in [5, 5.41) is 0. The fraction of sp³-hybridized carbons (Fsp3) is 0.500. The summed E-state index contributed by atoms with van der Waals surface area (Å²) in [5.41, 5.74) is 0.225. The monoisotopic (exact) mass is 360 g/mol. The number of phosphoric ester groups is 1. The first kappa shape index (κ1) is 21.5. The zero-order valence-electron chi connectivity index (χ0n) is 12.7. The van der Waals surface area contributed by atoms with Crippen LogP contribution in [0.5, 0.6) is 0 Å². The van der Waals surface area contributed by atoms with E-state index in [0.717, 1.165) is 0 Å². The molecule has 0 aliphatic carbocycles. The predicted molar refractivity (Wildman–Crippen MR) is 64.9 cm³/mol. The Hall–Kier alpha value is 0.420. The van der Waals surface area contributed by atoms with Crippen molar-refractivity contribution in [1.82, 2.24) is 19.5 Å². The van der Waals surface area contributed by atoms with Crippen LogP contribution in [-0.4, -0.2) is 32.2 Å². The van der Waals surface area contributed by atoms with Gasteiger partial charge in [0.15, 0.2) is 11.2 Å². The molecule has 0 aromatic carbocycles. The van der Waals surface area contributed by atoms with Gasteiger partial charge in [0, 0.05) is 0 Å². The van der Waals surface area contributed by atoms with Crippen molar-refractivity contribution in [2.24, 2.45) is 0 Å². The van der Waals surface area contributed by atoms with E-state index in [0.29, 0.717) is 18.5 Å². The van der Waals surface area contributed by atoms with E-state index >= 15 is 0 Å². The molecule has 13 heteroatoms. The van der Waals surface area contributed by atoms with Crippen molar-refractivity contribution in [3.05, 3.63) is 23.0 Å². The first-order chi connectivity index (χ1) is 9.94. The normalized spacial score (nSPS) is 21.0. The van der Waals surface area contributed by atoms with E-state index in [2.05, 4.69) is 19.5 Å². The third-order valence-corrected chi connectivity index (χ3v) is 3.64. The van der Waals surface area contributed by atoms with Gasteiger partial charge in [0.2, 0.25) is 0 Å². The zero-order valence-corrected chi connectivity index (χ0v) is 17.6. The van der Waals surface area contributed by atoms with Crippen molar-refractivity contribution in [2.45, 2.75) is 25.2 Å². The standard InChI is InChI=1S/C10H13N4O6P.2Na/c15-10-8-9(11-4-12-10)14(5-13-8)7-2-1-6(20-7)3-19-21(16,17)18;;/h4-7H,1-3H2,(H,11,12,15)(H2,16,17,18);;/q;2*+1/p-2/t6-,7+;;/m0../s1. The summed E-state index contributed by atoms with van der Waals surface area (Å²) in [6.07, 6.45) is 2.85. The number of hydrogen-bond acceptors (Lipinski definition) is 8. The van der Waals surface area contributed by atoms with Crippen LogP contribution in [0.25, 0.3) is 11.2 Å². The van der Waals surface area contributed by atoms with E-state index in [1.807, 2.05) is 0 Å². The van der Waals surface area contributed by atoms with Gasteiger partial charge in [-0.3, -0.25) is 9.36 Å². The molecule has 2 aromatic heterocycles. The van der Waals surface area contributed by atoms with E-state index in [1.165, 1.54) is 12.7 Å². The predicted octanol–water partition coefficient (Wildman–Crippen LogP) is -7.35. The van der Waals surface area contributed by atoms with Crippen molar-refractivity contribution in [3.63, 3.8) is 0 Å². The molecular weight excluding hydrogens is 349 g/mol. The quantitative estimate of drug-likeness (QED) is 0.418. The Labute approximate surface area is 174 Å². The molecule has 114 valence electrons. The van der Waals surface area contributed by atoms with Crippen LogP contribution in [0.15, 0.2) is 17.4 Å². The van der Waals surface area contributed by atoms with E-state index in [4.69, 9.17) is 4.74 Å². The van der Waals surface area contributed by atoms with E-state index < -0.39 is 20.2 Å². The SMILES string of the molecule is O=c1[nH]cnc2c1ncn2[C@H]1CC[C@@H](COP(=O)([O-])[O-])O1.[Na+].[Na+]. The zero-order chi connectivity index (χ0) is 15.0. The van der Waals surface area contributed by atoms with E-state index in [1.54, 1.807) is 4.57 Å². The van der Waals surface area contributed by atoms with Crippen LogP contribution in [0.2, 0.25) is 0 Å². The minimum absolute atomic E-state index is 0. The summed E-state index contributed by atoms with van der Waals surface area (Å²) in [5.74, 6) is 0. The molecule has 0 radical (unpaired) electrons. The van der Waals surface area contributed by atoms with Gasteiger partial charge in [-0.2, -0.15) is 0 Å². The summed E-state index contributed by atoms with van der Waals surface area (Å²) < 4.78 is 21.8. The second-order valence-corrected chi connectivity index (χ2v) is 5.74. The molecule has 0 amide bonds. The van der Waals surface area contributed by atoms with Crippen molar-refractivity contribution in [3.8, 4) is 0 Å². The Morgan fingerprint density at radius 2 is 2.13 bits per heavy atom. The summed E-state index contributed by atoms with van der Waals surface area (Å²) in [4.78, 5) is 42.9. The number of phosphoric acid groups is 1. The van der Waals surface area contributed by atoms with Gasteiger partial charge in [-0.1, -0.05) is 0 Å². The molecule has 1 aliphatic rings. The number of ether oxygens (including phenoxy) is 1. The molecule has 1 fully saturated rings. The Bertz CT molecular complexity index is 761. The second kappa shape index (κ2) is 8.68. The Morgan fingerprint density at radius 1 is 1.39 bits per heavy atom. The van der Waals surface area contributed by atoms with Crippen LogP contribution in [-0.2, 0) is 13.8 Å². The average Bonchev–Trinajstić information content (AvgIpc) is 3.02. The number of aromatic nitrogens is 4. The fourth-order valence-corrected chi connectivity index (χ4v) is 2.61. The van der Waals surface area contributed by atoms with Gasteiger partial charge < -0.3 is 28.6 Å². The molecular formula is C10H11N4Na2O6P. The van der Waals surface area contributed by atoms with Crippen molar-refractivity contribution in [1.29, 1.82) is 0 Å². The maximum absolute atomic E-state index is 11.6. The first-order valence-corrected chi connectivity index (χ1v) is 7.62. The van der Waals surface area contributed by atoms with Crippen molar-refractivity contribution >= 4 is 19.0 Å². The molecule has 0 saturated carbocycles. The fourth-order valence-electron chi connectivity index (χ4n) is 2.26. The molecule has 23 heavy (non-hydrogen) atoms. The van der Waals surface area contributed by atoms with Crippen LogP contribution in [0.3, 0.4) is 0 Å². The first-order valence-electron chi connectivity index (χ1n) is 6.16. The molecule has 2 aromatic rings. The van der Waals surface area contributed by atoms with Gasteiger partial charge >= 0.3 is 59.1 Å². The number of rotatable bonds is 4. The molecule has 0 bridgehead atoms. The maximum atomic E-state index is 11.6. The minimum atomic E-state index is -5.00. The van der Waals surface area contributed by atoms with Crippen LogP contribution >= 0.6 is 7.82 Å². The van der Waals surface area contributed by atoms with Gasteiger partial charge in [0.1, 0.15) is 6.23 Å². The van der Waals surface area contributed by atoms with Gasteiger partial charge in [-0.05, 0) is 12.8 Å². The number of hydrogen-bond donors (Lipinski definition) is 1. The number of imidazole rings is 1. The summed E-state index contributed by atoms with van der Waals surface area (Å²) >= 11 is 0. The molecule has 0 spiro atoms. The molecule has 10 nitrogen and oxygen atoms in total.